The van der Waals surface area contributed by atoms with E-state index < -0.39 is 10.0 Å². The fourth-order valence-electron chi connectivity index (χ4n) is 3.63. The Morgan fingerprint density at radius 3 is 2.67 bits per heavy atom. The van der Waals surface area contributed by atoms with E-state index in [1.54, 1.807) is 20.1 Å². The molecule has 1 amide bonds. The number of aromatic nitrogens is 2. The van der Waals surface area contributed by atoms with Crippen molar-refractivity contribution >= 4 is 21.6 Å². The molecule has 2 saturated heterocycles. The first kappa shape index (κ1) is 17.4. The summed E-state index contributed by atoms with van der Waals surface area (Å²) in [6.07, 6.45) is 4.84. The number of anilines is 1. The van der Waals surface area contributed by atoms with Crippen molar-refractivity contribution in [2.45, 2.75) is 25.3 Å². The van der Waals surface area contributed by atoms with Crippen molar-refractivity contribution in [3.05, 3.63) is 12.4 Å². The van der Waals surface area contributed by atoms with Gasteiger partial charge in [0, 0.05) is 32.9 Å². The van der Waals surface area contributed by atoms with Gasteiger partial charge in [-0.15, -0.1) is 0 Å². The maximum absolute atomic E-state index is 12.5. The molecule has 1 aromatic heterocycles. The van der Waals surface area contributed by atoms with Crippen LogP contribution in [-0.4, -0.2) is 77.8 Å². The molecule has 0 bridgehead atoms. The highest BCUT2D eigenvalue weighted by molar-refractivity contribution is 7.89. The minimum Gasteiger partial charge on any atom is -0.306 e. The Bertz CT molecular complexity index is 731. The minimum atomic E-state index is -3.21. The Hall–Kier alpha value is -1.45. The molecule has 1 aromatic rings. The first-order chi connectivity index (χ1) is 11.3. The van der Waals surface area contributed by atoms with Crippen LogP contribution in [0, 0.1) is 0 Å². The van der Waals surface area contributed by atoms with E-state index in [2.05, 4.69) is 5.10 Å². The van der Waals surface area contributed by atoms with Gasteiger partial charge in [-0.05, 0) is 19.9 Å². The molecule has 0 aromatic carbocycles. The second-order valence-corrected chi connectivity index (χ2v) is 8.92. The highest BCUT2D eigenvalue weighted by Crippen LogP contribution is 2.34. The number of hydrogen-bond acceptors (Lipinski definition) is 5. The summed E-state index contributed by atoms with van der Waals surface area (Å²) >= 11 is 0. The van der Waals surface area contributed by atoms with Crippen LogP contribution >= 0.6 is 0 Å². The molecule has 0 unspecified atom stereocenters. The fourth-order valence-corrected chi connectivity index (χ4v) is 5.21. The SMILES string of the molecule is CCCS(=O)(=O)N1CC[C@]2(CN(c3cnn(C)c3)C(=O)CN2C)C1. The summed E-state index contributed by atoms with van der Waals surface area (Å²) in [4.78, 5) is 16.2. The Balaban J connectivity index is 1.83. The van der Waals surface area contributed by atoms with Crippen molar-refractivity contribution in [2.24, 2.45) is 7.05 Å². The molecular weight excluding hydrogens is 330 g/mol. The predicted molar refractivity (Wildman–Crippen MR) is 91.2 cm³/mol. The molecular formula is C15H25N5O3S. The van der Waals surface area contributed by atoms with Crippen LogP contribution in [0.2, 0.25) is 0 Å². The molecule has 0 saturated carbocycles. The first-order valence-electron chi connectivity index (χ1n) is 8.25. The molecule has 3 rings (SSSR count). The molecule has 0 N–H and O–H groups in total. The molecule has 9 heteroatoms. The largest absolute Gasteiger partial charge is 0.306 e. The van der Waals surface area contributed by atoms with Crippen LogP contribution in [0.3, 0.4) is 0 Å². The molecule has 1 atom stereocenters. The van der Waals surface area contributed by atoms with Gasteiger partial charge in [-0.25, -0.2) is 8.42 Å². The van der Waals surface area contributed by atoms with E-state index in [1.165, 1.54) is 0 Å². The van der Waals surface area contributed by atoms with Crippen molar-refractivity contribution < 1.29 is 13.2 Å². The van der Waals surface area contributed by atoms with Gasteiger partial charge in [0.05, 0.1) is 29.7 Å². The van der Waals surface area contributed by atoms with Crippen molar-refractivity contribution in [3.63, 3.8) is 0 Å². The molecule has 2 aliphatic heterocycles. The van der Waals surface area contributed by atoms with Gasteiger partial charge in [-0.2, -0.15) is 9.40 Å². The highest BCUT2D eigenvalue weighted by atomic mass is 32.2. The highest BCUT2D eigenvalue weighted by Gasteiger charge is 2.50. The number of carbonyl (C=O) groups excluding carboxylic acids is 1. The number of rotatable bonds is 4. The standard InChI is InChI=1S/C15H25N5O3S/c1-4-7-24(22,23)19-6-5-15(11-19)12-20(14(21)10-17(15)2)13-8-16-18(3)9-13/h8-9H,4-7,10-12H2,1-3H3/t15-/m1/s1. The van der Waals surface area contributed by atoms with Gasteiger partial charge in [-0.3, -0.25) is 14.4 Å². The van der Waals surface area contributed by atoms with Crippen LogP contribution in [0.25, 0.3) is 0 Å². The van der Waals surface area contributed by atoms with Gasteiger partial charge in [0.1, 0.15) is 0 Å². The van der Waals surface area contributed by atoms with Gasteiger partial charge in [0.2, 0.25) is 15.9 Å². The smallest absolute Gasteiger partial charge is 0.241 e. The Labute approximate surface area is 143 Å². The third-order valence-corrected chi connectivity index (χ3v) is 7.11. The van der Waals surface area contributed by atoms with Gasteiger partial charge < -0.3 is 4.90 Å². The molecule has 24 heavy (non-hydrogen) atoms. The number of nitrogens with zero attached hydrogens (tertiary/aromatic N) is 5. The topological polar surface area (TPSA) is 78.8 Å². The van der Waals surface area contributed by atoms with Gasteiger partial charge in [0.15, 0.2) is 0 Å². The third-order valence-electron chi connectivity index (χ3n) is 5.09. The van der Waals surface area contributed by atoms with Crippen molar-refractivity contribution in [1.82, 2.24) is 19.0 Å². The summed E-state index contributed by atoms with van der Waals surface area (Å²) in [5.74, 6) is 0.198. The second kappa shape index (κ2) is 6.12. The Kier molecular flexibility index (Phi) is 4.43. The van der Waals surface area contributed by atoms with Crippen molar-refractivity contribution in [3.8, 4) is 0 Å². The summed E-state index contributed by atoms with van der Waals surface area (Å²) in [6.45, 7) is 3.61. The zero-order valence-corrected chi connectivity index (χ0v) is 15.3. The van der Waals surface area contributed by atoms with Crippen LogP contribution in [0.1, 0.15) is 19.8 Å². The molecule has 3 heterocycles. The number of sulfonamides is 1. The maximum atomic E-state index is 12.5. The van der Waals surface area contributed by atoms with E-state index in [-0.39, 0.29) is 23.7 Å². The summed E-state index contributed by atoms with van der Waals surface area (Å²) < 4.78 is 28.1. The lowest BCUT2D eigenvalue weighted by molar-refractivity contribution is -0.123. The zero-order valence-electron chi connectivity index (χ0n) is 14.5. The van der Waals surface area contributed by atoms with Crippen LogP contribution in [0.4, 0.5) is 5.69 Å². The molecule has 8 nitrogen and oxygen atoms in total. The lowest BCUT2D eigenvalue weighted by atomic mass is 9.93. The lowest BCUT2D eigenvalue weighted by Gasteiger charge is -2.46. The molecule has 2 fully saturated rings. The van der Waals surface area contributed by atoms with Crippen LogP contribution in [0.15, 0.2) is 12.4 Å². The van der Waals surface area contributed by atoms with E-state index in [4.69, 9.17) is 0 Å². The number of likely N-dealkylation sites (N-methyl/N-ethyl adjacent to an activating group) is 1. The van der Waals surface area contributed by atoms with E-state index in [1.807, 2.05) is 32.1 Å². The predicted octanol–water partition coefficient (Wildman–Crippen LogP) is -0.117. The number of piperazine rings is 1. The van der Waals surface area contributed by atoms with E-state index in [0.29, 0.717) is 26.1 Å². The van der Waals surface area contributed by atoms with Gasteiger partial charge >= 0.3 is 0 Å². The average Bonchev–Trinajstić information content (AvgIpc) is 3.11. The summed E-state index contributed by atoms with van der Waals surface area (Å²) in [5, 5.41) is 4.14. The molecule has 0 aliphatic carbocycles. The van der Waals surface area contributed by atoms with Crippen LogP contribution in [-0.2, 0) is 21.9 Å². The Morgan fingerprint density at radius 1 is 1.29 bits per heavy atom. The normalized spacial score (nSPS) is 26.6. The molecule has 2 aliphatic rings. The van der Waals surface area contributed by atoms with E-state index in [0.717, 1.165) is 12.1 Å². The van der Waals surface area contributed by atoms with Crippen molar-refractivity contribution in [2.75, 3.05) is 43.9 Å². The maximum Gasteiger partial charge on any atom is 0.241 e. The number of amides is 1. The minimum absolute atomic E-state index is 0.0194. The molecule has 134 valence electrons. The molecule has 0 radical (unpaired) electrons. The number of carbonyl (C=O) groups is 1. The second-order valence-electron chi connectivity index (χ2n) is 6.83. The van der Waals surface area contributed by atoms with Crippen LogP contribution in [0.5, 0.6) is 0 Å². The average molecular weight is 355 g/mol. The van der Waals surface area contributed by atoms with Crippen molar-refractivity contribution in [1.29, 1.82) is 0 Å². The lowest BCUT2D eigenvalue weighted by Crippen LogP contribution is -2.64. The fraction of sp³-hybridized carbons (Fsp3) is 0.733. The first-order valence-corrected chi connectivity index (χ1v) is 9.86. The summed E-state index contributed by atoms with van der Waals surface area (Å²) in [7, 11) is 0.511. The molecule has 1 spiro atoms. The summed E-state index contributed by atoms with van der Waals surface area (Å²) in [6, 6.07) is 0. The van der Waals surface area contributed by atoms with E-state index in [9.17, 15) is 13.2 Å². The zero-order chi connectivity index (χ0) is 17.5. The van der Waals surface area contributed by atoms with Gasteiger partial charge in [-0.1, -0.05) is 6.92 Å². The van der Waals surface area contributed by atoms with Crippen LogP contribution < -0.4 is 4.90 Å². The summed E-state index contributed by atoms with van der Waals surface area (Å²) in [5.41, 5.74) is 0.440. The van der Waals surface area contributed by atoms with E-state index >= 15 is 0 Å². The number of aryl methyl sites for hydroxylation is 1. The number of hydrogen-bond donors (Lipinski definition) is 0. The van der Waals surface area contributed by atoms with Gasteiger partial charge in [0.25, 0.3) is 0 Å². The quantitative estimate of drug-likeness (QED) is 0.753. The monoisotopic (exact) mass is 355 g/mol. The third kappa shape index (κ3) is 2.96. The Morgan fingerprint density at radius 2 is 2.04 bits per heavy atom.